The second-order valence-corrected chi connectivity index (χ2v) is 8.30. The molecule has 1 aliphatic heterocycles. The van der Waals surface area contributed by atoms with E-state index in [1.165, 1.54) is 0 Å². The molecule has 0 N–H and O–H groups in total. The molecule has 1 atom stereocenters. The van der Waals surface area contributed by atoms with E-state index in [-0.39, 0.29) is 6.04 Å². The van der Waals surface area contributed by atoms with E-state index in [0.717, 1.165) is 46.2 Å². The highest BCUT2D eigenvalue weighted by Crippen LogP contribution is 2.36. The third-order valence-electron chi connectivity index (χ3n) is 3.63. The lowest BCUT2D eigenvalue weighted by atomic mass is 10.2. The van der Waals surface area contributed by atoms with Crippen molar-refractivity contribution in [1.82, 2.24) is 4.90 Å². The predicted molar refractivity (Wildman–Crippen MR) is 97.5 cm³/mol. The van der Waals surface area contributed by atoms with Gasteiger partial charge in [-0.05, 0) is 35.9 Å². The smallest absolute Gasteiger partial charge is 0.142 e. The lowest BCUT2D eigenvalue weighted by Crippen LogP contribution is -2.36. The maximum atomic E-state index is 11.6. The van der Waals surface area contributed by atoms with E-state index in [1.807, 2.05) is 36.0 Å². The highest BCUT2D eigenvalue weighted by Gasteiger charge is 2.23. The first-order valence-corrected chi connectivity index (χ1v) is 9.73. The van der Waals surface area contributed by atoms with Crippen molar-refractivity contribution in [3.05, 3.63) is 45.3 Å². The molecule has 0 amide bonds. The monoisotopic (exact) mass is 371 g/mol. The molecule has 116 valence electrons. The van der Waals surface area contributed by atoms with Crippen LogP contribution in [0.15, 0.2) is 30.3 Å². The van der Waals surface area contributed by atoms with E-state index < -0.39 is 0 Å². The third-order valence-corrected chi connectivity index (χ3v) is 6.22. The van der Waals surface area contributed by atoms with Gasteiger partial charge in [0.15, 0.2) is 0 Å². The highest BCUT2D eigenvalue weighted by molar-refractivity contribution is 7.99. The Labute approximate surface area is 148 Å². The summed E-state index contributed by atoms with van der Waals surface area (Å²) >= 11 is 15.7. The highest BCUT2D eigenvalue weighted by atomic mass is 35.5. The van der Waals surface area contributed by atoms with Gasteiger partial charge in [0, 0.05) is 44.4 Å². The van der Waals surface area contributed by atoms with Crippen molar-refractivity contribution < 1.29 is 4.79 Å². The second-order valence-electron chi connectivity index (χ2n) is 5.09. The minimum atomic E-state index is -0.144. The first-order valence-electron chi connectivity index (χ1n) is 7.00. The van der Waals surface area contributed by atoms with Crippen LogP contribution in [-0.4, -0.2) is 35.8 Å². The number of hydrogen-bond acceptors (Lipinski definition) is 4. The van der Waals surface area contributed by atoms with E-state index in [9.17, 15) is 4.79 Å². The Morgan fingerprint density at radius 2 is 1.77 bits per heavy atom. The van der Waals surface area contributed by atoms with Gasteiger partial charge >= 0.3 is 0 Å². The van der Waals surface area contributed by atoms with Crippen molar-refractivity contribution in [1.29, 1.82) is 0 Å². The molecule has 2 heterocycles. The molecule has 1 fully saturated rings. The largest absolute Gasteiger partial charge is 0.301 e. The molecule has 0 aliphatic carbocycles. The average Bonchev–Trinajstić information content (AvgIpc) is 2.98. The van der Waals surface area contributed by atoms with Crippen molar-refractivity contribution in [2.45, 2.75) is 6.04 Å². The van der Waals surface area contributed by atoms with Gasteiger partial charge in [-0.3, -0.25) is 4.90 Å². The topological polar surface area (TPSA) is 20.3 Å². The number of hydrogen-bond donors (Lipinski definition) is 0. The fourth-order valence-corrected chi connectivity index (χ4v) is 5.10. The molecule has 2 aromatic rings. The molecule has 3 rings (SSSR count). The molecule has 0 radical (unpaired) electrons. The van der Waals surface area contributed by atoms with Crippen molar-refractivity contribution in [2.24, 2.45) is 0 Å². The fourth-order valence-electron chi connectivity index (χ4n) is 2.55. The fraction of sp³-hybridized carbons (Fsp3) is 0.312. The summed E-state index contributed by atoms with van der Waals surface area (Å²) in [5.74, 6) is 2.18. The van der Waals surface area contributed by atoms with Gasteiger partial charge in [-0.2, -0.15) is 11.8 Å². The minimum Gasteiger partial charge on any atom is -0.301 e. The summed E-state index contributed by atoms with van der Waals surface area (Å²) in [5.41, 5.74) is 0.993. The zero-order valence-electron chi connectivity index (χ0n) is 11.8. The average molecular weight is 372 g/mol. The number of nitrogens with zero attached hydrogens (tertiary/aromatic N) is 1. The van der Waals surface area contributed by atoms with Crippen LogP contribution in [0.25, 0.3) is 10.4 Å². The van der Waals surface area contributed by atoms with Gasteiger partial charge in [0.05, 0.1) is 0 Å². The summed E-state index contributed by atoms with van der Waals surface area (Å²) in [6.07, 6.45) is 1.05. The lowest BCUT2D eigenvalue weighted by molar-refractivity contribution is -0.112. The standard InChI is InChI=1S/C16H15Cl2NOS2/c17-12-7-11(8-13(18)9-12)15-1-2-16(22-15)14(10-20)19-3-5-21-6-4-19/h1-2,7-10,14H,3-6H2/t14-/m0/s1. The normalized spacial score (nSPS) is 17.4. The quantitative estimate of drug-likeness (QED) is 0.704. The minimum absolute atomic E-state index is 0.144. The van der Waals surface area contributed by atoms with Gasteiger partial charge in [-0.15, -0.1) is 11.3 Å². The summed E-state index contributed by atoms with van der Waals surface area (Å²) in [5, 5.41) is 1.25. The van der Waals surface area contributed by atoms with Crippen LogP contribution in [0, 0.1) is 0 Å². The number of aldehydes is 1. The molecular formula is C16H15Cl2NOS2. The Hall–Kier alpha value is -0.520. The van der Waals surface area contributed by atoms with E-state index in [0.29, 0.717) is 10.0 Å². The molecule has 0 bridgehead atoms. The summed E-state index contributed by atoms with van der Waals surface area (Å²) in [4.78, 5) is 16.0. The van der Waals surface area contributed by atoms with Gasteiger partial charge in [0.25, 0.3) is 0 Å². The predicted octanol–water partition coefficient (Wildman–Crippen LogP) is 5.01. The van der Waals surface area contributed by atoms with Gasteiger partial charge in [-0.25, -0.2) is 0 Å². The van der Waals surface area contributed by atoms with Crippen LogP contribution < -0.4 is 0 Å². The summed E-state index contributed by atoms with van der Waals surface area (Å²) in [7, 11) is 0. The first-order chi connectivity index (χ1) is 10.7. The molecule has 0 unspecified atom stereocenters. The van der Waals surface area contributed by atoms with E-state index in [4.69, 9.17) is 23.2 Å². The first kappa shape index (κ1) is 16.3. The number of carbonyl (C=O) groups is 1. The van der Waals surface area contributed by atoms with Gasteiger partial charge in [0.2, 0.25) is 0 Å². The molecule has 0 saturated carbocycles. The molecule has 2 nitrogen and oxygen atoms in total. The number of rotatable bonds is 4. The molecule has 1 aliphatic rings. The molecule has 0 spiro atoms. The zero-order valence-corrected chi connectivity index (χ0v) is 14.9. The Balaban J connectivity index is 1.86. The van der Waals surface area contributed by atoms with Crippen molar-refractivity contribution in [3.63, 3.8) is 0 Å². The van der Waals surface area contributed by atoms with Gasteiger partial charge < -0.3 is 4.79 Å². The van der Waals surface area contributed by atoms with Crippen LogP contribution in [0.4, 0.5) is 0 Å². The molecule has 1 saturated heterocycles. The maximum absolute atomic E-state index is 11.6. The Bertz CT molecular complexity index is 648. The van der Waals surface area contributed by atoms with Crippen molar-refractivity contribution in [2.75, 3.05) is 24.6 Å². The molecule has 6 heteroatoms. The maximum Gasteiger partial charge on any atom is 0.142 e. The number of thiophene rings is 1. The summed E-state index contributed by atoms with van der Waals surface area (Å²) < 4.78 is 0. The van der Waals surface area contributed by atoms with E-state index in [1.54, 1.807) is 17.4 Å². The van der Waals surface area contributed by atoms with Crippen LogP contribution in [0.1, 0.15) is 10.9 Å². The Morgan fingerprint density at radius 3 is 2.41 bits per heavy atom. The van der Waals surface area contributed by atoms with Crippen LogP contribution in [0.2, 0.25) is 10.0 Å². The molecule has 22 heavy (non-hydrogen) atoms. The number of carbonyl (C=O) groups excluding carboxylic acids is 1. The van der Waals surface area contributed by atoms with Gasteiger partial charge in [0.1, 0.15) is 12.3 Å². The zero-order chi connectivity index (χ0) is 15.5. The Kier molecular flexibility index (Phi) is 5.47. The molecule has 1 aromatic carbocycles. The third kappa shape index (κ3) is 3.69. The molecule has 1 aromatic heterocycles. The van der Waals surface area contributed by atoms with Crippen LogP contribution in [0.5, 0.6) is 0 Å². The van der Waals surface area contributed by atoms with Gasteiger partial charge in [-0.1, -0.05) is 23.2 Å². The van der Waals surface area contributed by atoms with Crippen molar-refractivity contribution in [3.8, 4) is 10.4 Å². The van der Waals surface area contributed by atoms with Crippen LogP contribution >= 0.6 is 46.3 Å². The number of benzene rings is 1. The van der Waals surface area contributed by atoms with Crippen LogP contribution in [0.3, 0.4) is 0 Å². The lowest BCUT2D eigenvalue weighted by Gasteiger charge is -2.30. The Morgan fingerprint density at radius 1 is 1.09 bits per heavy atom. The van der Waals surface area contributed by atoms with Crippen molar-refractivity contribution >= 4 is 52.6 Å². The second kappa shape index (κ2) is 7.37. The summed E-state index contributed by atoms with van der Waals surface area (Å²) in [6.45, 7) is 1.93. The number of thioether (sulfide) groups is 1. The van der Waals surface area contributed by atoms with E-state index >= 15 is 0 Å². The van der Waals surface area contributed by atoms with Crippen LogP contribution in [-0.2, 0) is 4.79 Å². The molecular weight excluding hydrogens is 357 g/mol. The van der Waals surface area contributed by atoms with E-state index in [2.05, 4.69) is 4.90 Å². The number of halogens is 2. The SMILES string of the molecule is O=C[C@@H](c1ccc(-c2cc(Cl)cc(Cl)c2)s1)N1CCSCC1. The summed E-state index contributed by atoms with van der Waals surface area (Å²) in [6, 6.07) is 9.45.